The van der Waals surface area contributed by atoms with Gasteiger partial charge in [-0.1, -0.05) is 32.6 Å². The van der Waals surface area contributed by atoms with E-state index in [4.69, 9.17) is 5.26 Å². The largest absolute Gasteiger partial charge is 0.312 e. The van der Waals surface area contributed by atoms with Gasteiger partial charge in [0.1, 0.15) is 10.9 Å². The molecule has 0 radical (unpaired) electrons. The third kappa shape index (κ3) is 4.12. The van der Waals surface area contributed by atoms with Gasteiger partial charge in [0.2, 0.25) is 0 Å². The number of rotatable bonds is 5. The average molecular weight is 262 g/mol. The van der Waals surface area contributed by atoms with Gasteiger partial charge < -0.3 is 5.32 Å². The Kier molecular flexibility index (Phi) is 5.22. The third-order valence-corrected chi connectivity index (χ3v) is 4.93. The molecule has 1 fully saturated rings. The molecule has 1 heterocycles. The Balaban J connectivity index is 1.60. The topological polar surface area (TPSA) is 35.8 Å². The van der Waals surface area contributed by atoms with Crippen molar-refractivity contribution in [1.82, 2.24) is 5.32 Å². The summed E-state index contributed by atoms with van der Waals surface area (Å²) in [5.74, 6) is 1.89. The number of nitrogens with one attached hydrogen (secondary N) is 1. The Morgan fingerprint density at radius 2 is 2.11 bits per heavy atom. The average Bonchev–Trinajstić information content (AvgIpc) is 2.85. The minimum absolute atomic E-state index is 0.813. The zero-order valence-corrected chi connectivity index (χ0v) is 11.9. The minimum atomic E-state index is 0.813. The summed E-state index contributed by atoms with van der Waals surface area (Å²) in [7, 11) is 0. The molecule has 0 aromatic carbocycles. The lowest BCUT2D eigenvalue weighted by atomic mass is 9.81. The number of hydrogen-bond acceptors (Lipinski definition) is 3. The fraction of sp³-hybridized carbons (Fsp3) is 0.667. The molecule has 1 aromatic heterocycles. The Labute approximate surface area is 114 Å². The van der Waals surface area contributed by atoms with Gasteiger partial charge in [0, 0.05) is 11.4 Å². The van der Waals surface area contributed by atoms with E-state index < -0.39 is 0 Å². The van der Waals surface area contributed by atoms with Crippen molar-refractivity contribution < 1.29 is 0 Å². The van der Waals surface area contributed by atoms with E-state index in [0.29, 0.717) is 0 Å². The molecule has 0 bridgehead atoms. The van der Waals surface area contributed by atoms with Crippen LogP contribution in [0.4, 0.5) is 0 Å². The van der Waals surface area contributed by atoms with Crippen LogP contribution in [0.1, 0.15) is 48.8 Å². The highest BCUT2D eigenvalue weighted by atomic mass is 32.1. The maximum Gasteiger partial charge on any atom is 0.110 e. The molecule has 1 aliphatic carbocycles. The SMILES string of the molecule is CC1CCC(CCNCc2ccc(C#N)s2)CC1. The molecule has 2 nitrogen and oxygen atoms in total. The van der Waals surface area contributed by atoms with E-state index in [1.807, 2.05) is 6.07 Å². The molecule has 0 unspecified atom stereocenters. The van der Waals surface area contributed by atoms with Crippen LogP contribution < -0.4 is 5.32 Å². The summed E-state index contributed by atoms with van der Waals surface area (Å²) in [6, 6.07) is 6.15. The Bertz CT molecular complexity index is 397. The highest BCUT2D eigenvalue weighted by Crippen LogP contribution is 2.29. The van der Waals surface area contributed by atoms with Gasteiger partial charge in [0.15, 0.2) is 0 Å². The molecule has 0 aliphatic heterocycles. The summed E-state index contributed by atoms with van der Waals surface area (Å²) in [6.45, 7) is 4.40. The van der Waals surface area contributed by atoms with Crippen LogP contribution in [-0.2, 0) is 6.54 Å². The van der Waals surface area contributed by atoms with Crippen LogP contribution in [0, 0.1) is 23.2 Å². The van der Waals surface area contributed by atoms with Crippen LogP contribution >= 0.6 is 11.3 Å². The zero-order valence-electron chi connectivity index (χ0n) is 11.1. The van der Waals surface area contributed by atoms with Crippen LogP contribution in [0.3, 0.4) is 0 Å². The van der Waals surface area contributed by atoms with Gasteiger partial charge in [-0.2, -0.15) is 5.26 Å². The van der Waals surface area contributed by atoms with Gasteiger partial charge in [-0.05, 0) is 36.9 Å². The van der Waals surface area contributed by atoms with Crippen LogP contribution in [0.15, 0.2) is 12.1 Å². The minimum Gasteiger partial charge on any atom is -0.312 e. The number of nitriles is 1. The summed E-state index contributed by atoms with van der Waals surface area (Å²) in [5, 5.41) is 12.3. The van der Waals surface area contributed by atoms with Gasteiger partial charge in [-0.15, -0.1) is 11.3 Å². The second kappa shape index (κ2) is 6.92. The molecule has 2 rings (SSSR count). The van der Waals surface area contributed by atoms with Crippen LogP contribution in [0.5, 0.6) is 0 Å². The molecule has 0 saturated heterocycles. The van der Waals surface area contributed by atoms with Crippen LogP contribution in [-0.4, -0.2) is 6.54 Å². The lowest BCUT2D eigenvalue weighted by molar-refractivity contribution is 0.275. The van der Waals surface area contributed by atoms with E-state index in [-0.39, 0.29) is 0 Å². The summed E-state index contributed by atoms with van der Waals surface area (Å²) < 4.78 is 0. The molecule has 18 heavy (non-hydrogen) atoms. The Morgan fingerprint density at radius 3 is 2.78 bits per heavy atom. The van der Waals surface area contributed by atoms with E-state index in [1.165, 1.54) is 37.0 Å². The molecule has 1 N–H and O–H groups in total. The molecule has 0 spiro atoms. The first kappa shape index (κ1) is 13.6. The fourth-order valence-corrected chi connectivity index (χ4v) is 3.44. The Morgan fingerprint density at radius 1 is 1.33 bits per heavy atom. The maximum absolute atomic E-state index is 8.75. The molecule has 1 aromatic rings. The monoisotopic (exact) mass is 262 g/mol. The van der Waals surface area contributed by atoms with Crippen molar-refractivity contribution in [3.63, 3.8) is 0 Å². The first-order valence-electron chi connectivity index (χ1n) is 6.97. The van der Waals surface area contributed by atoms with Gasteiger partial charge in [-0.25, -0.2) is 0 Å². The summed E-state index contributed by atoms with van der Waals surface area (Å²) in [5.41, 5.74) is 0. The quantitative estimate of drug-likeness (QED) is 0.816. The molecule has 1 saturated carbocycles. The molecule has 0 atom stereocenters. The fourth-order valence-electron chi connectivity index (χ4n) is 2.67. The van der Waals surface area contributed by atoms with Crippen molar-refractivity contribution in [3.8, 4) is 6.07 Å². The number of nitrogens with zero attached hydrogens (tertiary/aromatic N) is 1. The maximum atomic E-state index is 8.75. The van der Waals surface area contributed by atoms with Gasteiger partial charge in [0.05, 0.1) is 0 Å². The smallest absolute Gasteiger partial charge is 0.110 e. The standard InChI is InChI=1S/C15H22N2S/c1-12-2-4-13(5-3-12)8-9-17-11-15-7-6-14(10-16)18-15/h6-7,12-13,17H,2-5,8-9,11H2,1H3. The van der Waals surface area contributed by atoms with Gasteiger partial charge >= 0.3 is 0 Å². The molecular formula is C15H22N2S. The number of hydrogen-bond donors (Lipinski definition) is 1. The van der Waals surface area contributed by atoms with E-state index in [9.17, 15) is 0 Å². The van der Waals surface area contributed by atoms with Crippen LogP contribution in [0.2, 0.25) is 0 Å². The van der Waals surface area contributed by atoms with E-state index >= 15 is 0 Å². The highest BCUT2D eigenvalue weighted by molar-refractivity contribution is 7.12. The first-order valence-corrected chi connectivity index (χ1v) is 7.79. The second-order valence-corrected chi connectivity index (χ2v) is 6.64. The van der Waals surface area contributed by atoms with Gasteiger partial charge in [-0.3, -0.25) is 0 Å². The molecule has 98 valence electrons. The van der Waals surface area contributed by atoms with Crippen molar-refractivity contribution in [3.05, 3.63) is 21.9 Å². The summed E-state index contributed by atoms with van der Waals surface area (Å²) in [6.07, 6.45) is 6.98. The number of thiophene rings is 1. The van der Waals surface area contributed by atoms with Crippen molar-refractivity contribution in [1.29, 1.82) is 5.26 Å². The van der Waals surface area contributed by atoms with Crippen molar-refractivity contribution >= 4 is 11.3 Å². The van der Waals surface area contributed by atoms with E-state index in [0.717, 1.165) is 29.8 Å². The lowest BCUT2D eigenvalue weighted by Gasteiger charge is -2.26. The van der Waals surface area contributed by atoms with Crippen molar-refractivity contribution in [2.45, 2.75) is 45.6 Å². The van der Waals surface area contributed by atoms with E-state index in [1.54, 1.807) is 11.3 Å². The molecule has 3 heteroatoms. The van der Waals surface area contributed by atoms with Crippen molar-refractivity contribution in [2.75, 3.05) is 6.54 Å². The van der Waals surface area contributed by atoms with E-state index in [2.05, 4.69) is 24.4 Å². The molecule has 1 aliphatic rings. The van der Waals surface area contributed by atoms with Crippen molar-refractivity contribution in [2.24, 2.45) is 11.8 Å². The second-order valence-electron chi connectivity index (χ2n) is 5.47. The third-order valence-electron chi connectivity index (χ3n) is 3.94. The predicted molar refractivity (Wildman–Crippen MR) is 76.5 cm³/mol. The van der Waals surface area contributed by atoms with Crippen LogP contribution in [0.25, 0.3) is 0 Å². The summed E-state index contributed by atoms with van der Waals surface area (Å²) in [4.78, 5) is 2.08. The highest BCUT2D eigenvalue weighted by Gasteiger charge is 2.17. The molecular weight excluding hydrogens is 240 g/mol. The Hall–Kier alpha value is -0.850. The summed E-state index contributed by atoms with van der Waals surface area (Å²) >= 11 is 1.60. The zero-order chi connectivity index (χ0) is 12.8. The predicted octanol–water partition coefficient (Wildman–Crippen LogP) is 3.93. The van der Waals surface area contributed by atoms with Gasteiger partial charge in [0.25, 0.3) is 0 Å². The normalized spacial score (nSPS) is 23.8. The molecule has 0 amide bonds. The first-order chi connectivity index (χ1) is 8.78. The lowest BCUT2D eigenvalue weighted by Crippen LogP contribution is -2.20.